The lowest BCUT2D eigenvalue weighted by atomic mass is 10.0. The molecule has 0 heterocycles. The number of rotatable bonds is 8. The number of hydrogen-bond donors (Lipinski definition) is 1. The molecule has 0 bridgehead atoms. The predicted molar refractivity (Wildman–Crippen MR) is 101 cm³/mol. The zero-order valence-electron chi connectivity index (χ0n) is 15.0. The Labute approximate surface area is 141 Å². The Morgan fingerprint density at radius 3 is 2.48 bits per heavy atom. The van der Waals surface area contributed by atoms with Gasteiger partial charge in [0.1, 0.15) is 0 Å². The molecule has 0 aliphatic heterocycles. The molecule has 2 heteroatoms. The summed E-state index contributed by atoms with van der Waals surface area (Å²) in [7, 11) is 2.00. The Kier molecular flexibility index (Phi) is 6.66. The largest absolute Gasteiger partial charge is 0.388 e. The van der Waals surface area contributed by atoms with Gasteiger partial charge < -0.3 is 5.32 Å². The second kappa shape index (κ2) is 8.73. The topological polar surface area (TPSA) is 15.3 Å². The van der Waals surface area contributed by atoms with E-state index in [-0.39, 0.29) is 0 Å². The van der Waals surface area contributed by atoms with Gasteiger partial charge >= 0.3 is 0 Å². The summed E-state index contributed by atoms with van der Waals surface area (Å²) in [6.07, 6.45) is 2.47. The summed E-state index contributed by atoms with van der Waals surface area (Å²) in [6, 6.07) is 18.0. The van der Waals surface area contributed by atoms with Crippen LogP contribution in [0.1, 0.15) is 49.4 Å². The monoisotopic (exact) mass is 310 g/mol. The van der Waals surface area contributed by atoms with Crippen LogP contribution < -0.4 is 5.32 Å². The average Bonchev–Trinajstić information content (AvgIpc) is 2.59. The molecule has 23 heavy (non-hydrogen) atoms. The number of hydrogen-bond acceptors (Lipinski definition) is 2. The van der Waals surface area contributed by atoms with Crippen molar-refractivity contribution in [3.63, 3.8) is 0 Å². The number of benzene rings is 2. The van der Waals surface area contributed by atoms with E-state index in [2.05, 4.69) is 79.5 Å². The summed E-state index contributed by atoms with van der Waals surface area (Å²) >= 11 is 0. The lowest BCUT2D eigenvalue weighted by molar-refractivity contribution is 0.198. The molecule has 124 valence electrons. The van der Waals surface area contributed by atoms with Gasteiger partial charge in [0.25, 0.3) is 0 Å². The molecule has 0 saturated heterocycles. The van der Waals surface area contributed by atoms with E-state index < -0.39 is 0 Å². The molecule has 0 aromatic heterocycles. The number of unbranched alkanes of at least 4 members (excludes halogenated alkanes) is 1. The van der Waals surface area contributed by atoms with Gasteiger partial charge in [0, 0.05) is 25.3 Å². The van der Waals surface area contributed by atoms with E-state index in [1.807, 2.05) is 7.05 Å². The van der Waals surface area contributed by atoms with Crippen LogP contribution in [0.5, 0.6) is 0 Å². The maximum atomic E-state index is 3.30. The Morgan fingerprint density at radius 2 is 1.83 bits per heavy atom. The van der Waals surface area contributed by atoms with Crippen molar-refractivity contribution in [1.29, 1.82) is 0 Å². The zero-order valence-corrected chi connectivity index (χ0v) is 15.0. The standard InChI is InChI=1S/C21H30N2/c1-5-6-14-23(16-19-10-8-7-9-11-19)18(3)20-13-12-17(2)21(15-20)22-4/h7-13,15,18,22H,5-6,14,16H2,1-4H3/t18-/m0/s1. The average molecular weight is 310 g/mol. The SMILES string of the molecule is CCCCN(Cc1ccccc1)[C@@H](C)c1ccc(C)c(NC)c1. The third-order valence-electron chi connectivity index (χ3n) is 4.59. The summed E-state index contributed by atoms with van der Waals surface area (Å²) in [5.74, 6) is 0. The number of anilines is 1. The maximum Gasteiger partial charge on any atom is 0.0370 e. The molecule has 0 aliphatic carbocycles. The van der Waals surface area contributed by atoms with E-state index in [1.54, 1.807) is 0 Å². The van der Waals surface area contributed by atoms with E-state index in [1.165, 1.54) is 35.2 Å². The maximum absolute atomic E-state index is 3.30. The van der Waals surface area contributed by atoms with Gasteiger partial charge in [-0.15, -0.1) is 0 Å². The summed E-state index contributed by atoms with van der Waals surface area (Å²) < 4.78 is 0. The first-order valence-corrected chi connectivity index (χ1v) is 8.72. The van der Waals surface area contributed by atoms with Crippen molar-refractivity contribution in [2.45, 2.75) is 46.2 Å². The molecule has 0 spiro atoms. The van der Waals surface area contributed by atoms with Gasteiger partial charge in [0.05, 0.1) is 0 Å². The van der Waals surface area contributed by atoms with E-state index in [0.29, 0.717) is 6.04 Å². The van der Waals surface area contributed by atoms with Crippen molar-refractivity contribution < 1.29 is 0 Å². The van der Waals surface area contributed by atoms with Crippen LogP contribution in [0.3, 0.4) is 0 Å². The minimum atomic E-state index is 0.412. The molecule has 0 fully saturated rings. The molecule has 1 atom stereocenters. The number of nitrogens with zero attached hydrogens (tertiary/aromatic N) is 1. The van der Waals surface area contributed by atoms with Crippen molar-refractivity contribution in [2.24, 2.45) is 0 Å². The van der Waals surface area contributed by atoms with Crippen LogP contribution in [-0.4, -0.2) is 18.5 Å². The molecular formula is C21H30N2. The molecule has 2 nitrogen and oxygen atoms in total. The van der Waals surface area contributed by atoms with Crippen LogP contribution in [-0.2, 0) is 6.54 Å². The van der Waals surface area contributed by atoms with E-state index in [0.717, 1.165) is 13.1 Å². The Bertz CT molecular complexity index is 592. The number of nitrogens with one attached hydrogen (secondary N) is 1. The van der Waals surface area contributed by atoms with Crippen molar-refractivity contribution in [3.8, 4) is 0 Å². The molecule has 2 aromatic carbocycles. The van der Waals surface area contributed by atoms with Gasteiger partial charge in [-0.25, -0.2) is 0 Å². The Morgan fingerprint density at radius 1 is 1.09 bits per heavy atom. The highest BCUT2D eigenvalue weighted by Gasteiger charge is 2.16. The molecule has 0 saturated carbocycles. The third kappa shape index (κ3) is 4.84. The fourth-order valence-electron chi connectivity index (χ4n) is 2.97. The fraction of sp³-hybridized carbons (Fsp3) is 0.429. The van der Waals surface area contributed by atoms with Gasteiger partial charge in [0.15, 0.2) is 0 Å². The molecule has 0 aliphatic rings. The van der Waals surface area contributed by atoms with Crippen LogP contribution >= 0.6 is 0 Å². The van der Waals surface area contributed by atoms with Gasteiger partial charge in [-0.1, -0.05) is 55.8 Å². The first kappa shape index (κ1) is 17.6. The zero-order chi connectivity index (χ0) is 16.7. The molecule has 1 N–H and O–H groups in total. The summed E-state index contributed by atoms with van der Waals surface area (Å²) in [5.41, 5.74) is 5.29. The second-order valence-corrected chi connectivity index (χ2v) is 6.31. The van der Waals surface area contributed by atoms with Crippen molar-refractivity contribution in [1.82, 2.24) is 4.90 Å². The number of aryl methyl sites for hydroxylation is 1. The normalized spacial score (nSPS) is 12.4. The Balaban J connectivity index is 2.20. The first-order chi connectivity index (χ1) is 11.2. The highest BCUT2D eigenvalue weighted by atomic mass is 15.1. The second-order valence-electron chi connectivity index (χ2n) is 6.31. The molecule has 0 unspecified atom stereocenters. The minimum absolute atomic E-state index is 0.412. The van der Waals surface area contributed by atoms with Crippen LogP contribution in [0.2, 0.25) is 0 Å². The summed E-state index contributed by atoms with van der Waals surface area (Å²) in [4.78, 5) is 2.59. The van der Waals surface area contributed by atoms with E-state index in [4.69, 9.17) is 0 Å². The molecule has 0 amide bonds. The van der Waals surface area contributed by atoms with Gasteiger partial charge in [-0.3, -0.25) is 4.90 Å². The van der Waals surface area contributed by atoms with Crippen LogP contribution in [0.4, 0.5) is 5.69 Å². The summed E-state index contributed by atoms with van der Waals surface area (Å²) in [6.45, 7) is 8.87. The smallest absolute Gasteiger partial charge is 0.0370 e. The van der Waals surface area contributed by atoms with Crippen LogP contribution in [0.15, 0.2) is 48.5 Å². The highest BCUT2D eigenvalue weighted by molar-refractivity contribution is 5.52. The van der Waals surface area contributed by atoms with Gasteiger partial charge in [-0.2, -0.15) is 0 Å². The predicted octanol–water partition coefficient (Wildman–Crippen LogP) is 5.40. The van der Waals surface area contributed by atoms with Crippen LogP contribution in [0.25, 0.3) is 0 Å². The van der Waals surface area contributed by atoms with Crippen molar-refractivity contribution in [3.05, 3.63) is 65.2 Å². The van der Waals surface area contributed by atoms with Gasteiger partial charge in [-0.05, 0) is 49.6 Å². The van der Waals surface area contributed by atoms with Crippen molar-refractivity contribution in [2.75, 3.05) is 18.9 Å². The molecule has 0 radical (unpaired) electrons. The van der Waals surface area contributed by atoms with E-state index in [9.17, 15) is 0 Å². The highest BCUT2D eigenvalue weighted by Crippen LogP contribution is 2.26. The lowest BCUT2D eigenvalue weighted by Crippen LogP contribution is -2.27. The quantitative estimate of drug-likeness (QED) is 0.702. The van der Waals surface area contributed by atoms with Crippen molar-refractivity contribution >= 4 is 5.69 Å². The Hall–Kier alpha value is -1.80. The first-order valence-electron chi connectivity index (χ1n) is 8.72. The van der Waals surface area contributed by atoms with Gasteiger partial charge in [0.2, 0.25) is 0 Å². The lowest BCUT2D eigenvalue weighted by Gasteiger charge is -2.30. The van der Waals surface area contributed by atoms with Crippen LogP contribution in [0, 0.1) is 6.92 Å². The molecule has 2 aromatic rings. The van der Waals surface area contributed by atoms with E-state index >= 15 is 0 Å². The third-order valence-corrected chi connectivity index (χ3v) is 4.59. The fourth-order valence-corrected chi connectivity index (χ4v) is 2.97. The molecular weight excluding hydrogens is 280 g/mol. The summed E-state index contributed by atoms with van der Waals surface area (Å²) in [5, 5.41) is 3.30. The minimum Gasteiger partial charge on any atom is -0.388 e. The molecule has 2 rings (SSSR count).